The second kappa shape index (κ2) is 2.66. The molecule has 3 aromatic rings. The van der Waals surface area contributed by atoms with Gasteiger partial charge >= 0.3 is 0 Å². The van der Waals surface area contributed by atoms with Gasteiger partial charge in [-0.3, -0.25) is 0 Å². The molecular formula is C9H7N5. The Labute approximate surface area is 79.2 Å². The first-order valence-corrected chi connectivity index (χ1v) is 4.25. The molecule has 14 heavy (non-hydrogen) atoms. The second-order valence-corrected chi connectivity index (χ2v) is 2.98. The molecule has 0 aliphatic carbocycles. The Bertz CT molecular complexity index is 551. The fourth-order valence-corrected chi connectivity index (χ4v) is 1.56. The van der Waals surface area contributed by atoms with Crippen molar-refractivity contribution in [3.8, 4) is 11.4 Å². The lowest BCUT2D eigenvalue weighted by Gasteiger charge is -1.95. The van der Waals surface area contributed by atoms with E-state index in [1.54, 1.807) is 0 Å². The summed E-state index contributed by atoms with van der Waals surface area (Å²) in [5.74, 6) is 0.621. The van der Waals surface area contributed by atoms with Gasteiger partial charge in [0.05, 0.1) is 0 Å². The molecule has 0 amide bonds. The Kier molecular flexibility index (Phi) is 1.38. The van der Waals surface area contributed by atoms with Crippen molar-refractivity contribution in [1.29, 1.82) is 0 Å². The van der Waals surface area contributed by atoms with Crippen LogP contribution in [0.1, 0.15) is 0 Å². The number of rotatable bonds is 1. The minimum atomic E-state index is 0.621. The minimum absolute atomic E-state index is 0.621. The molecule has 0 aliphatic rings. The summed E-state index contributed by atoms with van der Waals surface area (Å²) in [7, 11) is 0. The first kappa shape index (κ1) is 7.25. The van der Waals surface area contributed by atoms with Crippen LogP contribution in [-0.2, 0) is 0 Å². The van der Waals surface area contributed by atoms with Gasteiger partial charge in [-0.2, -0.15) is 5.21 Å². The predicted octanol–water partition coefficient (Wildman–Crippen LogP) is 1.35. The van der Waals surface area contributed by atoms with Gasteiger partial charge in [-0.1, -0.05) is 12.1 Å². The van der Waals surface area contributed by atoms with E-state index in [2.05, 4.69) is 25.6 Å². The minimum Gasteiger partial charge on any atom is -0.361 e. The number of benzene rings is 1. The first-order chi connectivity index (χ1) is 6.95. The number of nitrogens with one attached hydrogen (secondary N) is 2. The summed E-state index contributed by atoms with van der Waals surface area (Å²) in [6, 6.07) is 7.95. The number of fused-ring (bicyclic) bond motifs is 1. The molecule has 1 aromatic carbocycles. The number of aromatic nitrogens is 5. The smallest absolute Gasteiger partial charge is 0.205 e. The number of hydrogen-bond acceptors (Lipinski definition) is 3. The lowest BCUT2D eigenvalue weighted by atomic mass is 10.1. The normalized spacial score (nSPS) is 10.9. The molecule has 2 N–H and O–H groups in total. The molecule has 0 saturated heterocycles. The molecule has 0 unspecified atom stereocenters. The Balaban J connectivity index is 2.36. The van der Waals surface area contributed by atoms with Gasteiger partial charge < -0.3 is 4.98 Å². The fourth-order valence-electron chi connectivity index (χ4n) is 1.56. The van der Waals surface area contributed by atoms with Crippen LogP contribution in [0.3, 0.4) is 0 Å². The quantitative estimate of drug-likeness (QED) is 0.601. The summed E-state index contributed by atoms with van der Waals surface area (Å²) in [6.45, 7) is 0. The highest BCUT2D eigenvalue weighted by Crippen LogP contribution is 2.24. The largest absolute Gasteiger partial charge is 0.361 e. The topological polar surface area (TPSA) is 70.2 Å². The third-order valence-corrected chi connectivity index (χ3v) is 2.18. The van der Waals surface area contributed by atoms with Gasteiger partial charge in [0.25, 0.3) is 0 Å². The molecule has 0 atom stereocenters. The first-order valence-electron chi connectivity index (χ1n) is 4.25. The lowest BCUT2D eigenvalue weighted by Crippen LogP contribution is -1.81. The van der Waals surface area contributed by atoms with Crippen LogP contribution < -0.4 is 0 Å². The Morgan fingerprint density at radius 1 is 1.14 bits per heavy atom. The predicted molar refractivity (Wildman–Crippen MR) is 51.5 cm³/mol. The molecule has 0 bridgehead atoms. The van der Waals surface area contributed by atoms with Crippen LogP contribution in [0.2, 0.25) is 0 Å². The summed E-state index contributed by atoms with van der Waals surface area (Å²) in [5.41, 5.74) is 2.06. The van der Waals surface area contributed by atoms with Crippen LogP contribution in [0, 0.1) is 0 Å². The third-order valence-electron chi connectivity index (χ3n) is 2.18. The average Bonchev–Trinajstić information content (AvgIpc) is 2.88. The molecule has 5 nitrogen and oxygen atoms in total. The molecule has 5 heteroatoms. The van der Waals surface area contributed by atoms with E-state index in [1.807, 2.05) is 30.5 Å². The van der Waals surface area contributed by atoms with Crippen LogP contribution in [0.25, 0.3) is 22.3 Å². The number of hydrogen-bond donors (Lipinski definition) is 2. The number of tetrazole rings is 1. The van der Waals surface area contributed by atoms with E-state index in [0.717, 1.165) is 16.5 Å². The van der Waals surface area contributed by atoms with Gasteiger partial charge in [-0.25, -0.2) is 0 Å². The zero-order valence-electron chi connectivity index (χ0n) is 7.23. The van der Waals surface area contributed by atoms with E-state index in [4.69, 9.17) is 0 Å². The summed E-state index contributed by atoms with van der Waals surface area (Å²) in [4.78, 5) is 3.14. The summed E-state index contributed by atoms with van der Waals surface area (Å²) in [5, 5.41) is 15.0. The van der Waals surface area contributed by atoms with E-state index < -0.39 is 0 Å². The van der Waals surface area contributed by atoms with Crippen molar-refractivity contribution < 1.29 is 0 Å². The molecule has 2 heterocycles. The van der Waals surface area contributed by atoms with Crippen LogP contribution in [-0.4, -0.2) is 25.6 Å². The summed E-state index contributed by atoms with van der Waals surface area (Å²) < 4.78 is 0. The number of H-pyrrole nitrogens is 2. The van der Waals surface area contributed by atoms with E-state index in [0.29, 0.717) is 5.82 Å². The molecule has 0 fully saturated rings. The highest BCUT2D eigenvalue weighted by atomic mass is 15.5. The van der Waals surface area contributed by atoms with Crippen LogP contribution >= 0.6 is 0 Å². The summed E-state index contributed by atoms with van der Waals surface area (Å²) in [6.07, 6.45) is 1.90. The molecule has 0 saturated carbocycles. The maximum absolute atomic E-state index is 3.96. The van der Waals surface area contributed by atoms with Crippen molar-refractivity contribution >= 4 is 10.9 Å². The monoisotopic (exact) mass is 185 g/mol. The van der Waals surface area contributed by atoms with E-state index >= 15 is 0 Å². The SMILES string of the molecule is c1cc(-c2nn[nH]n2)c2cc[nH]c2c1. The van der Waals surface area contributed by atoms with Crippen molar-refractivity contribution in [3.63, 3.8) is 0 Å². The van der Waals surface area contributed by atoms with Crippen LogP contribution in [0.15, 0.2) is 30.5 Å². The van der Waals surface area contributed by atoms with Crippen molar-refractivity contribution in [2.75, 3.05) is 0 Å². The van der Waals surface area contributed by atoms with Crippen LogP contribution in [0.4, 0.5) is 0 Å². The van der Waals surface area contributed by atoms with Gasteiger partial charge in [0, 0.05) is 22.7 Å². The van der Waals surface area contributed by atoms with Crippen molar-refractivity contribution in [2.45, 2.75) is 0 Å². The highest BCUT2D eigenvalue weighted by Gasteiger charge is 2.07. The molecule has 68 valence electrons. The Morgan fingerprint density at radius 2 is 2.14 bits per heavy atom. The molecule has 0 spiro atoms. The van der Waals surface area contributed by atoms with Crippen molar-refractivity contribution in [1.82, 2.24) is 25.6 Å². The molecule has 2 aromatic heterocycles. The molecule has 3 rings (SSSR count). The van der Waals surface area contributed by atoms with Crippen molar-refractivity contribution in [2.24, 2.45) is 0 Å². The van der Waals surface area contributed by atoms with E-state index in [9.17, 15) is 0 Å². The Morgan fingerprint density at radius 3 is 3.00 bits per heavy atom. The summed E-state index contributed by atoms with van der Waals surface area (Å²) >= 11 is 0. The van der Waals surface area contributed by atoms with Crippen LogP contribution in [0.5, 0.6) is 0 Å². The zero-order valence-corrected chi connectivity index (χ0v) is 7.23. The van der Waals surface area contributed by atoms with Gasteiger partial charge in [0.1, 0.15) is 0 Å². The Hall–Kier alpha value is -2.17. The number of nitrogens with zero attached hydrogens (tertiary/aromatic N) is 3. The number of aromatic amines is 2. The maximum atomic E-state index is 3.96. The fraction of sp³-hybridized carbons (Fsp3) is 0. The van der Waals surface area contributed by atoms with E-state index in [-0.39, 0.29) is 0 Å². The second-order valence-electron chi connectivity index (χ2n) is 2.98. The zero-order chi connectivity index (χ0) is 9.38. The average molecular weight is 185 g/mol. The molecule has 0 aliphatic heterocycles. The lowest BCUT2D eigenvalue weighted by molar-refractivity contribution is 0.881. The van der Waals surface area contributed by atoms with Gasteiger partial charge in [0.2, 0.25) is 5.82 Å². The van der Waals surface area contributed by atoms with E-state index in [1.165, 1.54) is 0 Å². The van der Waals surface area contributed by atoms with Gasteiger partial charge in [-0.05, 0) is 17.3 Å². The standard InChI is InChI=1S/C9H7N5/c1-2-7(9-11-13-14-12-9)6-4-5-10-8(6)3-1/h1-5,10H,(H,11,12,13,14). The molecule has 0 radical (unpaired) electrons. The van der Waals surface area contributed by atoms with Crippen molar-refractivity contribution in [3.05, 3.63) is 30.5 Å². The van der Waals surface area contributed by atoms with Gasteiger partial charge in [0.15, 0.2) is 0 Å². The third kappa shape index (κ3) is 0.922. The highest BCUT2D eigenvalue weighted by molar-refractivity contribution is 5.93. The molecular weight excluding hydrogens is 178 g/mol. The maximum Gasteiger partial charge on any atom is 0.205 e. The van der Waals surface area contributed by atoms with Gasteiger partial charge in [-0.15, -0.1) is 10.2 Å².